The van der Waals surface area contributed by atoms with Crippen LogP contribution in [0.15, 0.2) is 48.3 Å². The molecule has 0 heterocycles. The van der Waals surface area contributed by atoms with Gasteiger partial charge in [0.05, 0.1) is 18.7 Å². The Kier molecular flexibility index (Phi) is 14.9. The normalized spacial score (nSPS) is 10.0. The van der Waals surface area contributed by atoms with Gasteiger partial charge in [-0.15, -0.1) is 0 Å². The van der Waals surface area contributed by atoms with Gasteiger partial charge in [0.2, 0.25) is 0 Å². The van der Waals surface area contributed by atoms with E-state index in [9.17, 15) is 19.3 Å². The zero-order chi connectivity index (χ0) is 19.0. The van der Waals surface area contributed by atoms with Crippen LogP contribution in [0.4, 0.5) is 10.1 Å². The number of allylic oxidation sites excluding steroid dienone is 2. The highest BCUT2D eigenvalue weighted by Gasteiger charge is 2.05. The minimum Gasteiger partial charge on any atom is -0.463 e. The van der Waals surface area contributed by atoms with Gasteiger partial charge in [0.15, 0.2) is 0 Å². The lowest BCUT2D eigenvalue weighted by atomic mass is 10.3. The largest absolute Gasteiger partial charge is 0.463 e. The van der Waals surface area contributed by atoms with Gasteiger partial charge in [0.1, 0.15) is 11.5 Å². The predicted octanol–water partition coefficient (Wildman–Crippen LogP) is 3.16. The van der Waals surface area contributed by atoms with E-state index in [2.05, 4.69) is 5.73 Å². The van der Waals surface area contributed by atoms with Gasteiger partial charge in [0, 0.05) is 18.2 Å². The molecule has 0 bridgehead atoms. The van der Waals surface area contributed by atoms with Gasteiger partial charge in [-0.2, -0.15) is 0 Å². The summed E-state index contributed by atoms with van der Waals surface area (Å²) in [4.78, 5) is 21.2. The Bertz CT molecular complexity index is 542. The van der Waals surface area contributed by atoms with Crippen molar-refractivity contribution >= 4 is 11.7 Å². The van der Waals surface area contributed by atoms with Crippen molar-refractivity contribution in [1.82, 2.24) is 0 Å². The lowest BCUT2D eigenvalue weighted by Gasteiger charge is -2.05. The van der Waals surface area contributed by atoms with E-state index in [1.54, 1.807) is 19.9 Å². The van der Waals surface area contributed by atoms with Gasteiger partial charge in [-0.3, -0.25) is 14.5 Å². The summed E-state index contributed by atoms with van der Waals surface area (Å²) in [7, 11) is 2.00. The monoisotopic (exact) mass is 342 g/mol. The summed E-state index contributed by atoms with van der Waals surface area (Å²) in [6, 6.07) is 5.66. The fraction of sp³-hybridized carbons (Fsp3) is 0.312. The molecule has 0 amide bonds. The molecule has 0 aliphatic carbocycles. The number of non-ortho nitro benzene ring substituents is 1. The third-order valence-electron chi connectivity index (χ3n) is 2.24. The minimum atomic E-state index is -0.485. The standard InChI is InChI=1S/C14H15NO5.CH3F.CH5N/c1-3-12(9-10-14(16)19-4-2)20-13-7-5-11(6-8-13)15(17)18;2*1-2/h3,5-10H,4H2,1-2H3;1H3;2H2,1H3/b10-9+,12-3+;;. The van der Waals surface area contributed by atoms with Crippen molar-refractivity contribution in [3.63, 3.8) is 0 Å². The van der Waals surface area contributed by atoms with Gasteiger partial charge < -0.3 is 15.2 Å². The first-order valence-electron chi connectivity index (χ1n) is 6.95. The number of nitro benzene ring substituents is 1. The molecule has 1 aromatic carbocycles. The average molecular weight is 342 g/mol. The molecule has 0 atom stereocenters. The first-order chi connectivity index (χ1) is 11.6. The number of benzene rings is 1. The third kappa shape index (κ3) is 10.1. The van der Waals surface area contributed by atoms with Crippen LogP contribution in [0, 0.1) is 10.1 Å². The van der Waals surface area contributed by atoms with Crippen molar-refractivity contribution in [3.05, 3.63) is 58.4 Å². The van der Waals surface area contributed by atoms with Gasteiger partial charge in [0.25, 0.3) is 5.69 Å². The van der Waals surface area contributed by atoms with Crippen LogP contribution in [-0.4, -0.2) is 31.7 Å². The fourth-order valence-corrected chi connectivity index (χ4v) is 1.30. The number of esters is 1. The molecule has 0 unspecified atom stereocenters. The van der Waals surface area contributed by atoms with Crippen LogP contribution < -0.4 is 10.5 Å². The third-order valence-corrected chi connectivity index (χ3v) is 2.24. The average Bonchev–Trinajstić information content (AvgIpc) is 2.62. The second kappa shape index (κ2) is 15.2. The second-order valence-corrected chi connectivity index (χ2v) is 3.63. The zero-order valence-corrected chi connectivity index (χ0v) is 14.2. The maximum atomic E-state index is 11.2. The van der Waals surface area contributed by atoms with Crippen LogP contribution in [-0.2, 0) is 9.53 Å². The van der Waals surface area contributed by atoms with Gasteiger partial charge in [-0.25, -0.2) is 4.79 Å². The number of carbonyl (C=O) groups is 1. The molecule has 1 aromatic rings. The Balaban J connectivity index is 0. The number of nitro groups is 1. The number of carbonyl (C=O) groups excluding carboxylic acids is 1. The molecule has 8 heteroatoms. The molecule has 0 aromatic heterocycles. The van der Waals surface area contributed by atoms with Crippen molar-refractivity contribution < 1.29 is 23.6 Å². The molecule has 0 saturated heterocycles. The van der Waals surface area contributed by atoms with Crippen LogP contribution in [0.25, 0.3) is 0 Å². The molecule has 0 spiro atoms. The molecule has 134 valence electrons. The van der Waals surface area contributed by atoms with E-state index < -0.39 is 10.9 Å². The van der Waals surface area contributed by atoms with E-state index in [1.807, 2.05) is 0 Å². The summed E-state index contributed by atoms with van der Waals surface area (Å²) < 4.78 is 19.7. The SMILES string of the molecule is C/C=C(\C=C\C(=O)OCC)Oc1ccc([N+](=O)[O-])cc1.CF.CN. The number of hydrogen-bond acceptors (Lipinski definition) is 6. The maximum Gasteiger partial charge on any atom is 0.330 e. The maximum absolute atomic E-state index is 11.2. The molecule has 1 rings (SSSR count). The van der Waals surface area contributed by atoms with E-state index in [4.69, 9.17) is 9.47 Å². The minimum absolute atomic E-state index is 0.0126. The number of nitrogens with zero attached hydrogens (tertiary/aromatic N) is 1. The Morgan fingerprint density at radius 1 is 1.25 bits per heavy atom. The van der Waals surface area contributed by atoms with Crippen molar-refractivity contribution in [2.24, 2.45) is 5.73 Å². The summed E-state index contributed by atoms with van der Waals surface area (Å²) >= 11 is 0. The molecule has 7 nitrogen and oxygen atoms in total. The Labute approximate surface area is 140 Å². The van der Waals surface area contributed by atoms with Gasteiger partial charge in [-0.05, 0) is 45.2 Å². The summed E-state index contributed by atoms with van der Waals surface area (Å²) in [5.41, 5.74) is 4.49. The Morgan fingerprint density at radius 2 is 1.79 bits per heavy atom. The van der Waals surface area contributed by atoms with E-state index in [-0.39, 0.29) is 5.69 Å². The summed E-state index contributed by atoms with van der Waals surface area (Å²) in [5, 5.41) is 10.5. The lowest BCUT2D eigenvalue weighted by Crippen LogP contribution is -2.00. The van der Waals surface area contributed by atoms with Crippen LogP contribution in [0.3, 0.4) is 0 Å². The van der Waals surface area contributed by atoms with Crippen LogP contribution in [0.1, 0.15) is 13.8 Å². The highest BCUT2D eigenvalue weighted by atomic mass is 19.1. The number of ether oxygens (including phenoxy) is 2. The van der Waals surface area contributed by atoms with Crippen LogP contribution >= 0.6 is 0 Å². The van der Waals surface area contributed by atoms with Crippen molar-refractivity contribution in [2.45, 2.75) is 13.8 Å². The number of alkyl halides is 1. The number of nitrogens with two attached hydrogens (primary N) is 1. The molecule has 0 radical (unpaired) electrons. The Morgan fingerprint density at radius 3 is 2.21 bits per heavy atom. The molecule has 0 aliphatic heterocycles. The highest BCUT2D eigenvalue weighted by Crippen LogP contribution is 2.19. The molecule has 0 fully saturated rings. The molecule has 2 N–H and O–H groups in total. The predicted molar refractivity (Wildman–Crippen MR) is 90.4 cm³/mol. The van der Waals surface area contributed by atoms with Crippen molar-refractivity contribution in [1.29, 1.82) is 0 Å². The van der Waals surface area contributed by atoms with Crippen LogP contribution in [0.2, 0.25) is 0 Å². The topological polar surface area (TPSA) is 105 Å². The zero-order valence-electron chi connectivity index (χ0n) is 14.2. The van der Waals surface area contributed by atoms with Crippen molar-refractivity contribution in [2.75, 3.05) is 20.8 Å². The highest BCUT2D eigenvalue weighted by molar-refractivity contribution is 5.82. The fourth-order valence-electron chi connectivity index (χ4n) is 1.30. The number of rotatable bonds is 6. The quantitative estimate of drug-likeness (QED) is 0.213. The summed E-state index contributed by atoms with van der Waals surface area (Å²) in [6.07, 6.45) is 4.39. The first-order valence-corrected chi connectivity index (χ1v) is 6.95. The molecular formula is C16H23FN2O5. The summed E-state index contributed by atoms with van der Waals surface area (Å²) in [6.45, 7) is 3.77. The van der Waals surface area contributed by atoms with Gasteiger partial charge >= 0.3 is 5.97 Å². The molecular weight excluding hydrogens is 319 g/mol. The first kappa shape index (κ1) is 23.5. The van der Waals surface area contributed by atoms with Gasteiger partial charge in [-0.1, -0.05) is 0 Å². The second-order valence-electron chi connectivity index (χ2n) is 3.63. The van der Waals surface area contributed by atoms with E-state index in [0.717, 1.165) is 0 Å². The lowest BCUT2D eigenvalue weighted by molar-refractivity contribution is -0.384. The van der Waals surface area contributed by atoms with E-state index in [0.29, 0.717) is 25.3 Å². The van der Waals surface area contributed by atoms with Crippen LogP contribution in [0.5, 0.6) is 5.75 Å². The number of hydrogen-bond donors (Lipinski definition) is 1. The number of halogens is 1. The molecule has 0 aliphatic rings. The van der Waals surface area contributed by atoms with E-state index in [1.165, 1.54) is 43.5 Å². The smallest absolute Gasteiger partial charge is 0.330 e. The molecule has 0 saturated carbocycles. The Hall–Kier alpha value is -2.74. The molecule has 24 heavy (non-hydrogen) atoms. The summed E-state index contributed by atoms with van der Waals surface area (Å²) in [5.74, 6) is 0.420. The van der Waals surface area contributed by atoms with Crippen molar-refractivity contribution in [3.8, 4) is 5.75 Å². The van der Waals surface area contributed by atoms with E-state index >= 15 is 0 Å².